The molecule has 0 aliphatic carbocycles. The Balaban J connectivity index is 2.35. The molecular formula is C13H10F3NO. The zero-order valence-corrected chi connectivity index (χ0v) is 9.24. The van der Waals surface area contributed by atoms with E-state index >= 15 is 0 Å². The number of nitrogens with two attached hydrogens (primary N) is 1. The molecule has 0 heterocycles. The van der Waals surface area contributed by atoms with Crippen LogP contribution in [0.1, 0.15) is 5.56 Å². The van der Waals surface area contributed by atoms with Gasteiger partial charge in [-0.1, -0.05) is 18.2 Å². The summed E-state index contributed by atoms with van der Waals surface area (Å²) in [5.41, 5.74) is 5.15. The van der Waals surface area contributed by atoms with E-state index in [9.17, 15) is 13.2 Å². The summed E-state index contributed by atoms with van der Waals surface area (Å²) in [4.78, 5) is 0. The minimum atomic E-state index is -4.45. The second kappa shape index (κ2) is 4.60. The van der Waals surface area contributed by atoms with E-state index in [0.29, 0.717) is 5.69 Å². The van der Waals surface area contributed by atoms with Crippen LogP contribution in [-0.4, -0.2) is 0 Å². The summed E-state index contributed by atoms with van der Waals surface area (Å²) >= 11 is 0. The molecule has 2 rings (SSSR count). The van der Waals surface area contributed by atoms with Crippen molar-refractivity contribution >= 4 is 5.69 Å². The first-order valence-electron chi connectivity index (χ1n) is 5.16. The number of para-hydroxylation sites is 1. The maximum absolute atomic E-state index is 12.7. The number of alkyl halides is 3. The smallest absolute Gasteiger partial charge is 0.419 e. The molecule has 0 radical (unpaired) electrons. The molecular weight excluding hydrogens is 243 g/mol. The molecule has 18 heavy (non-hydrogen) atoms. The first-order chi connectivity index (χ1) is 8.47. The van der Waals surface area contributed by atoms with Gasteiger partial charge in [-0.2, -0.15) is 13.2 Å². The first kappa shape index (κ1) is 12.3. The molecule has 0 bridgehead atoms. The van der Waals surface area contributed by atoms with Crippen LogP contribution in [0.15, 0.2) is 48.5 Å². The Bertz CT molecular complexity index is 552. The van der Waals surface area contributed by atoms with Crippen LogP contribution in [0, 0.1) is 0 Å². The van der Waals surface area contributed by atoms with Crippen molar-refractivity contribution in [2.24, 2.45) is 0 Å². The van der Waals surface area contributed by atoms with Crippen molar-refractivity contribution in [1.82, 2.24) is 0 Å². The Morgan fingerprint density at radius 2 is 1.67 bits per heavy atom. The van der Waals surface area contributed by atoms with Crippen molar-refractivity contribution in [3.8, 4) is 11.5 Å². The number of anilines is 1. The summed E-state index contributed by atoms with van der Waals surface area (Å²) in [6, 6.07) is 11.3. The van der Waals surface area contributed by atoms with Crippen molar-refractivity contribution < 1.29 is 17.9 Å². The predicted octanol–water partition coefficient (Wildman–Crippen LogP) is 4.08. The zero-order chi connectivity index (χ0) is 13.2. The molecule has 2 N–H and O–H groups in total. The maximum Gasteiger partial charge on any atom is 0.419 e. The highest BCUT2D eigenvalue weighted by Gasteiger charge is 2.34. The van der Waals surface area contributed by atoms with E-state index < -0.39 is 11.7 Å². The summed E-state index contributed by atoms with van der Waals surface area (Å²) in [6.45, 7) is 0. The van der Waals surface area contributed by atoms with Gasteiger partial charge >= 0.3 is 6.18 Å². The van der Waals surface area contributed by atoms with Gasteiger partial charge in [-0.25, -0.2) is 0 Å². The number of hydrogen-bond acceptors (Lipinski definition) is 2. The Morgan fingerprint density at radius 3 is 2.33 bits per heavy atom. The van der Waals surface area contributed by atoms with Gasteiger partial charge in [-0.3, -0.25) is 0 Å². The summed E-state index contributed by atoms with van der Waals surface area (Å²) in [7, 11) is 0. The van der Waals surface area contributed by atoms with Crippen LogP contribution in [0.3, 0.4) is 0 Å². The predicted molar refractivity (Wildman–Crippen MR) is 62.4 cm³/mol. The van der Waals surface area contributed by atoms with Gasteiger partial charge in [0.1, 0.15) is 11.5 Å². The van der Waals surface area contributed by atoms with Gasteiger partial charge in [0, 0.05) is 11.8 Å². The Morgan fingerprint density at radius 1 is 0.944 bits per heavy atom. The molecule has 0 aliphatic heterocycles. The molecule has 0 aromatic heterocycles. The van der Waals surface area contributed by atoms with Crippen molar-refractivity contribution in [1.29, 1.82) is 0 Å². The number of nitrogen functional groups attached to an aromatic ring is 1. The lowest BCUT2D eigenvalue weighted by Crippen LogP contribution is -2.06. The Kier molecular flexibility index (Phi) is 3.14. The topological polar surface area (TPSA) is 35.2 Å². The van der Waals surface area contributed by atoms with E-state index in [1.807, 2.05) is 0 Å². The van der Waals surface area contributed by atoms with Crippen LogP contribution in [0.5, 0.6) is 11.5 Å². The molecule has 2 nitrogen and oxygen atoms in total. The van der Waals surface area contributed by atoms with E-state index in [1.165, 1.54) is 24.3 Å². The van der Waals surface area contributed by atoms with Crippen LogP contribution in [-0.2, 0) is 6.18 Å². The fourth-order valence-corrected chi connectivity index (χ4v) is 1.49. The second-order valence-electron chi connectivity index (χ2n) is 3.67. The number of hydrogen-bond donors (Lipinski definition) is 1. The molecule has 0 saturated heterocycles. The molecule has 94 valence electrons. The molecule has 0 fully saturated rings. The molecule has 0 atom stereocenters. The van der Waals surface area contributed by atoms with Crippen molar-refractivity contribution in [3.05, 3.63) is 54.1 Å². The summed E-state index contributed by atoms with van der Waals surface area (Å²) < 4.78 is 43.4. The number of benzene rings is 2. The Hall–Kier alpha value is -2.17. The second-order valence-corrected chi connectivity index (χ2v) is 3.67. The third-order valence-corrected chi connectivity index (χ3v) is 2.28. The van der Waals surface area contributed by atoms with E-state index in [-0.39, 0.29) is 11.5 Å². The average molecular weight is 253 g/mol. The van der Waals surface area contributed by atoms with Crippen LogP contribution in [0.4, 0.5) is 18.9 Å². The lowest BCUT2D eigenvalue weighted by molar-refractivity contribution is -0.138. The molecule has 0 saturated carbocycles. The quantitative estimate of drug-likeness (QED) is 0.818. The van der Waals surface area contributed by atoms with Crippen LogP contribution in [0.2, 0.25) is 0 Å². The fraction of sp³-hybridized carbons (Fsp3) is 0.0769. The van der Waals surface area contributed by atoms with Crippen molar-refractivity contribution in [3.63, 3.8) is 0 Å². The SMILES string of the molecule is Nc1cccc(Oc2ccccc2C(F)(F)F)c1. The van der Waals surface area contributed by atoms with E-state index in [2.05, 4.69) is 0 Å². The molecule has 0 amide bonds. The fourth-order valence-electron chi connectivity index (χ4n) is 1.49. The van der Waals surface area contributed by atoms with Gasteiger partial charge in [0.25, 0.3) is 0 Å². The summed E-state index contributed by atoms with van der Waals surface area (Å²) in [5, 5.41) is 0. The molecule has 0 spiro atoms. The van der Waals surface area contributed by atoms with Gasteiger partial charge in [0.15, 0.2) is 0 Å². The number of halogens is 3. The third kappa shape index (κ3) is 2.74. The maximum atomic E-state index is 12.7. The lowest BCUT2D eigenvalue weighted by Gasteiger charge is -2.13. The zero-order valence-electron chi connectivity index (χ0n) is 9.24. The average Bonchev–Trinajstić information content (AvgIpc) is 2.28. The van der Waals surface area contributed by atoms with Gasteiger partial charge in [-0.15, -0.1) is 0 Å². The van der Waals surface area contributed by atoms with Gasteiger partial charge < -0.3 is 10.5 Å². The van der Waals surface area contributed by atoms with Gasteiger partial charge in [0.05, 0.1) is 5.56 Å². The molecule has 2 aromatic rings. The van der Waals surface area contributed by atoms with E-state index in [1.54, 1.807) is 18.2 Å². The minimum absolute atomic E-state index is 0.240. The molecule has 5 heteroatoms. The molecule has 2 aromatic carbocycles. The third-order valence-electron chi connectivity index (χ3n) is 2.28. The first-order valence-corrected chi connectivity index (χ1v) is 5.16. The molecule has 0 aliphatic rings. The lowest BCUT2D eigenvalue weighted by atomic mass is 10.2. The van der Waals surface area contributed by atoms with Crippen molar-refractivity contribution in [2.75, 3.05) is 5.73 Å². The number of ether oxygens (including phenoxy) is 1. The monoisotopic (exact) mass is 253 g/mol. The Labute approximate surface area is 102 Å². The van der Waals surface area contributed by atoms with Crippen molar-refractivity contribution in [2.45, 2.75) is 6.18 Å². The summed E-state index contributed by atoms with van der Waals surface area (Å²) in [5.74, 6) is 0.0299. The van der Waals surface area contributed by atoms with Crippen LogP contribution < -0.4 is 10.5 Å². The summed E-state index contributed by atoms with van der Waals surface area (Å²) in [6.07, 6.45) is -4.45. The largest absolute Gasteiger partial charge is 0.457 e. The van der Waals surface area contributed by atoms with E-state index in [0.717, 1.165) is 6.07 Å². The number of rotatable bonds is 2. The van der Waals surface area contributed by atoms with Crippen LogP contribution in [0.25, 0.3) is 0 Å². The molecule has 0 unspecified atom stereocenters. The van der Waals surface area contributed by atoms with E-state index in [4.69, 9.17) is 10.5 Å². The highest BCUT2D eigenvalue weighted by Crippen LogP contribution is 2.37. The highest BCUT2D eigenvalue weighted by molar-refractivity contribution is 5.46. The van der Waals surface area contributed by atoms with Gasteiger partial charge in [-0.05, 0) is 24.3 Å². The standard InChI is InChI=1S/C13H10F3NO/c14-13(15,16)11-6-1-2-7-12(11)18-10-5-3-4-9(17)8-10/h1-8H,17H2. The normalized spacial score (nSPS) is 11.3. The highest BCUT2D eigenvalue weighted by atomic mass is 19.4. The minimum Gasteiger partial charge on any atom is -0.457 e. The van der Waals surface area contributed by atoms with Gasteiger partial charge in [0.2, 0.25) is 0 Å². The van der Waals surface area contributed by atoms with Crippen LogP contribution >= 0.6 is 0 Å².